The Morgan fingerprint density at radius 3 is 2.80 bits per heavy atom. The van der Waals surface area contributed by atoms with Crippen LogP contribution in [0.25, 0.3) is 0 Å². The Kier molecular flexibility index (Phi) is 3.95. The summed E-state index contributed by atoms with van der Waals surface area (Å²) in [5.74, 6) is 0.955. The predicted molar refractivity (Wildman–Crippen MR) is 85.6 cm³/mol. The van der Waals surface area contributed by atoms with Gasteiger partial charge in [0.2, 0.25) is 0 Å². The van der Waals surface area contributed by atoms with Crippen molar-refractivity contribution in [3.05, 3.63) is 49.1 Å². The topological polar surface area (TPSA) is 21.3 Å². The van der Waals surface area contributed by atoms with Crippen LogP contribution in [0.5, 0.6) is 5.75 Å². The highest BCUT2D eigenvalue weighted by Gasteiger charge is 2.26. The Balaban J connectivity index is 2.13. The molecule has 5 heteroatoms. The van der Waals surface area contributed by atoms with Gasteiger partial charge < -0.3 is 10.1 Å². The Hall–Kier alpha value is -0.740. The molecule has 0 aliphatic carbocycles. The summed E-state index contributed by atoms with van der Waals surface area (Å²) in [6.07, 6.45) is 0.913. The van der Waals surface area contributed by atoms with Gasteiger partial charge in [0, 0.05) is 21.9 Å². The van der Waals surface area contributed by atoms with Gasteiger partial charge in [-0.05, 0) is 42.6 Å². The zero-order valence-corrected chi connectivity index (χ0v) is 13.6. The minimum absolute atomic E-state index is 0.00625. The number of benzene rings is 1. The van der Waals surface area contributed by atoms with Gasteiger partial charge in [0.25, 0.3) is 0 Å². The quantitative estimate of drug-likeness (QED) is 0.888. The summed E-state index contributed by atoms with van der Waals surface area (Å²) in [6, 6.07) is 3.96. The lowest BCUT2D eigenvalue weighted by molar-refractivity contribution is 0.351. The second-order valence-electron chi connectivity index (χ2n) is 4.90. The molecule has 0 saturated heterocycles. The third kappa shape index (κ3) is 2.33. The zero-order valence-electron chi connectivity index (χ0n) is 11.3. The highest BCUT2D eigenvalue weighted by molar-refractivity contribution is 7.10. The smallest absolute Gasteiger partial charge is 0.127 e. The van der Waals surface area contributed by atoms with Crippen molar-refractivity contribution in [1.82, 2.24) is 5.32 Å². The Morgan fingerprint density at radius 1 is 1.35 bits per heavy atom. The number of fused-ring (bicyclic) bond motifs is 1. The maximum Gasteiger partial charge on any atom is 0.127 e. The molecule has 2 aromatic rings. The maximum absolute atomic E-state index is 6.42. The highest BCUT2D eigenvalue weighted by atomic mass is 35.5. The molecule has 1 unspecified atom stereocenters. The van der Waals surface area contributed by atoms with Gasteiger partial charge in [0.15, 0.2) is 0 Å². The van der Waals surface area contributed by atoms with Crippen LogP contribution < -0.4 is 10.1 Å². The minimum Gasteiger partial charge on any atom is -0.493 e. The first-order valence-corrected chi connectivity index (χ1v) is 8.11. The van der Waals surface area contributed by atoms with E-state index in [4.69, 9.17) is 27.9 Å². The van der Waals surface area contributed by atoms with Crippen molar-refractivity contribution in [2.45, 2.75) is 19.4 Å². The van der Waals surface area contributed by atoms with Crippen LogP contribution in [-0.4, -0.2) is 13.7 Å². The number of hydrogen-bond donors (Lipinski definition) is 1. The van der Waals surface area contributed by atoms with E-state index in [2.05, 4.69) is 10.7 Å². The molecule has 0 spiro atoms. The van der Waals surface area contributed by atoms with Crippen LogP contribution in [0.3, 0.4) is 0 Å². The van der Waals surface area contributed by atoms with Gasteiger partial charge in [0.05, 0.1) is 17.7 Å². The molecule has 1 N–H and O–H groups in total. The van der Waals surface area contributed by atoms with E-state index in [9.17, 15) is 0 Å². The van der Waals surface area contributed by atoms with E-state index in [0.29, 0.717) is 0 Å². The highest BCUT2D eigenvalue weighted by Crippen LogP contribution is 2.42. The van der Waals surface area contributed by atoms with Crippen molar-refractivity contribution < 1.29 is 4.74 Å². The molecule has 0 saturated carbocycles. The fraction of sp³-hybridized carbons (Fsp3) is 0.333. The van der Waals surface area contributed by atoms with Crippen molar-refractivity contribution in [3.8, 4) is 5.75 Å². The molecular formula is C15H15Cl2NOS. The standard InChI is InChI=1S/C15H15Cl2NOS/c1-8-7-20-15(12(8)17)13(18-2)11-6-10(16)5-9-3-4-19-14(9)11/h5-7,13,18H,3-4H2,1-2H3. The average Bonchev–Trinajstić information content (AvgIpc) is 3.00. The van der Waals surface area contributed by atoms with Gasteiger partial charge in [-0.25, -0.2) is 0 Å². The summed E-state index contributed by atoms with van der Waals surface area (Å²) in [5, 5.41) is 6.97. The van der Waals surface area contributed by atoms with E-state index in [0.717, 1.165) is 44.8 Å². The number of ether oxygens (including phenoxy) is 1. The number of aryl methyl sites for hydroxylation is 1. The second kappa shape index (κ2) is 5.57. The van der Waals surface area contributed by atoms with Gasteiger partial charge in [-0.1, -0.05) is 23.2 Å². The largest absolute Gasteiger partial charge is 0.493 e. The predicted octanol–water partition coefficient (Wildman–Crippen LogP) is 4.61. The molecule has 0 fully saturated rings. The fourth-order valence-corrected chi connectivity index (χ4v) is 4.26. The number of hydrogen-bond acceptors (Lipinski definition) is 3. The van der Waals surface area contributed by atoms with Crippen LogP contribution in [0, 0.1) is 6.92 Å². The Morgan fingerprint density at radius 2 is 2.15 bits per heavy atom. The maximum atomic E-state index is 6.42. The van der Waals surface area contributed by atoms with Crippen LogP contribution >= 0.6 is 34.5 Å². The molecule has 1 aromatic carbocycles. The van der Waals surface area contributed by atoms with Gasteiger partial charge in [-0.3, -0.25) is 0 Å². The van der Waals surface area contributed by atoms with E-state index in [1.807, 2.05) is 26.1 Å². The van der Waals surface area contributed by atoms with Crippen LogP contribution in [0.1, 0.15) is 27.6 Å². The fourth-order valence-electron chi connectivity index (χ4n) is 2.58. The first-order chi connectivity index (χ1) is 9.61. The molecule has 0 amide bonds. The normalized spacial score (nSPS) is 15.0. The van der Waals surface area contributed by atoms with Crippen molar-refractivity contribution in [2.75, 3.05) is 13.7 Å². The average molecular weight is 328 g/mol. The molecule has 106 valence electrons. The van der Waals surface area contributed by atoms with E-state index < -0.39 is 0 Å². The van der Waals surface area contributed by atoms with E-state index in [1.54, 1.807) is 11.3 Å². The number of nitrogens with one attached hydrogen (secondary N) is 1. The summed E-state index contributed by atoms with van der Waals surface area (Å²) in [7, 11) is 1.93. The van der Waals surface area contributed by atoms with Gasteiger partial charge in [0.1, 0.15) is 5.75 Å². The van der Waals surface area contributed by atoms with Crippen molar-refractivity contribution in [3.63, 3.8) is 0 Å². The first-order valence-electron chi connectivity index (χ1n) is 6.47. The number of halogens is 2. The van der Waals surface area contributed by atoms with Crippen molar-refractivity contribution in [2.24, 2.45) is 0 Å². The van der Waals surface area contributed by atoms with Gasteiger partial charge in [-0.2, -0.15) is 0 Å². The lowest BCUT2D eigenvalue weighted by Gasteiger charge is -2.19. The molecule has 1 aliphatic rings. The van der Waals surface area contributed by atoms with Crippen molar-refractivity contribution >= 4 is 34.5 Å². The van der Waals surface area contributed by atoms with Gasteiger partial charge in [-0.15, -0.1) is 11.3 Å². The summed E-state index contributed by atoms with van der Waals surface area (Å²) in [4.78, 5) is 1.10. The molecule has 1 atom stereocenters. The third-order valence-electron chi connectivity index (χ3n) is 3.56. The third-order valence-corrected chi connectivity index (χ3v) is 5.56. The van der Waals surface area contributed by atoms with E-state index in [1.165, 1.54) is 5.56 Å². The lowest BCUT2D eigenvalue weighted by atomic mass is 10.0. The molecule has 20 heavy (non-hydrogen) atoms. The summed E-state index contributed by atoms with van der Waals surface area (Å²) in [5.41, 5.74) is 3.35. The molecule has 1 aliphatic heterocycles. The molecule has 2 heterocycles. The SMILES string of the molecule is CNC(c1cc(Cl)cc2c1OCC2)c1scc(C)c1Cl. The molecule has 1 aromatic heterocycles. The molecule has 0 bridgehead atoms. The molecule has 3 rings (SSSR count). The molecular weight excluding hydrogens is 313 g/mol. The van der Waals surface area contributed by atoms with E-state index >= 15 is 0 Å². The summed E-state index contributed by atoms with van der Waals surface area (Å²) < 4.78 is 5.80. The molecule has 2 nitrogen and oxygen atoms in total. The summed E-state index contributed by atoms with van der Waals surface area (Å²) >= 11 is 14.3. The monoisotopic (exact) mass is 327 g/mol. The van der Waals surface area contributed by atoms with Crippen LogP contribution in [0.15, 0.2) is 17.5 Å². The second-order valence-corrected chi connectivity index (χ2v) is 6.63. The Bertz CT molecular complexity index is 654. The van der Waals surface area contributed by atoms with Crippen LogP contribution in [-0.2, 0) is 6.42 Å². The summed E-state index contributed by atoms with van der Waals surface area (Å²) in [6.45, 7) is 2.74. The molecule has 0 radical (unpaired) electrons. The first kappa shape index (κ1) is 14.2. The number of rotatable bonds is 3. The van der Waals surface area contributed by atoms with E-state index in [-0.39, 0.29) is 6.04 Å². The van der Waals surface area contributed by atoms with Crippen LogP contribution in [0.4, 0.5) is 0 Å². The lowest BCUT2D eigenvalue weighted by Crippen LogP contribution is -2.17. The zero-order chi connectivity index (χ0) is 14.3. The minimum atomic E-state index is 0.00625. The van der Waals surface area contributed by atoms with Gasteiger partial charge >= 0.3 is 0 Å². The van der Waals surface area contributed by atoms with Crippen LogP contribution in [0.2, 0.25) is 10.0 Å². The number of thiophene rings is 1. The van der Waals surface area contributed by atoms with Crippen molar-refractivity contribution in [1.29, 1.82) is 0 Å². The Labute approximate surface area is 132 Å².